The fourth-order valence-electron chi connectivity index (χ4n) is 1.83. The van der Waals surface area contributed by atoms with Crippen LogP contribution in [0.4, 0.5) is 0 Å². The standard InChI is InChI=1S/C11H26N2/c1-6-7-11(2,10-12-3)8-9-13(4)5/h12H,6-10H2,1-5H3. The molecule has 0 saturated heterocycles. The van der Waals surface area contributed by atoms with Gasteiger partial charge in [-0.1, -0.05) is 20.3 Å². The summed E-state index contributed by atoms with van der Waals surface area (Å²) in [5, 5.41) is 3.30. The molecule has 0 radical (unpaired) electrons. The Morgan fingerprint density at radius 3 is 2.23 bits per heavy atom. The van der Waals surface area contributed by atoms with Crippen LogP contribution in [0.3, 0.4) is 0 Å². The summed E-state index contributed by atoms with van der Waals surface area (Å²) in [6.07, 6.45) is 3.89. The highest BCUT2D eigenvalue weighted by Gasteiger charge is 2.21. The van der Waals surface area contributed by atoms with E-state index < -0.39 is 0 Å². The maximum atomic E-state index is 3.30. The predicted molar refractivity (Wildman–Crippen MR) is 60.1 cm³/mol. The van der Waals surface area contributed by atoms with Crippen LogP contribution in [0.1, 0.15) is 33.1 Å². The Kier molecular flexibility index (Phi) is 6.35. The summed E-state index contributed by atoms with van der Waals surface area (Å²) in [5.74, 6) is 0. The normalized spacial score (nSPS) is 16.2. The van der Waals surface area contributed by atoms with Gasteiger partial charge in [-0.25, -0.2) is 0 Å². The number of nitrogens with one attached hydrogen (secondary N) is 1. The van der Waals surface area contributed by atoms with Gasteiger partial charge in [0.1, 0.15) is 0 Å². The summed E-state index contributed by atoms with van der Waals surface area (Å²) >= 11 is 0. The van der Waals surface area contributed by atoms with Crippen molar-refractivity contribution < 1.29 is 0 Å². The van der Waals surface area contributed by atoms with E-state index in [2.05, 4.69) is 38.2 Å². The molecule has 0 saturated carbocycles. The predicted octanol–water partition coefficient (Wildman–Crippen LogP) is 1.96. The van der Waals surface area contributed by atoms with E-state index in [0.717, 1.165) is 6.54 Å². The molecule has 0 spiro atoms. The van der Waals surface area contributed by atoms with Crippen LogP contribution in [-0.2, 0) is 0 Å². The molecule has 0 aliphatic carbocycles. The molecule has 1 N–H and O–H groups in total. The second-order valence-electron chi connectivity index (χ2n) is 4.64. The molecule has 0 aromatic heterocycles. The third-order valence-electron chi connectivity index (χ3n) is 2.62. The zero-order valence-corrected chi connectivity index (χ0v) is 9.98. The van der Waals surface area contributed by atoms with Gasteiger partial charge < -0.3 is 10.2 Å². The van der Waals surface area contributed by atoms with Crippen LogP contribution in [0, 0.1) is 5.41 Å². The lowest BCUT2D eigenvalue weighted by Gasteiger charge is -2.30. The smallest absolute Gasteiger partial charge is 0.000263 e. The summed E-state index contributed by atoms with van der Waals surface area (Å²) in [7, 11) is 6.33. The minimum absolute atomic E-state index is 0.480. The highest BCUT2D eigenvalue weighted by atomic mass is 15.0. The second-order valence-corrected chi connectivity index (χ2v) is 4.64. The van der Waals surface area contributed by atoms with Gasteiger partial charge >= 0.3 is 0 Å². The first-order chi connectivity index (χ1) is 6.04. The average molecular weight is 186 g/mol. The monoisotopic (exact) mass is 186 g/mol. The maximum Gasteiger partial charge on any atom is 0.000263 e. The van der Waals surface area contributed by atoms with Gasteiger partial charge in [-0.2, -0.15) is 0 Å². The maximum absolute atomic E-state index is 3.30. The number of hydrogen-bond donors (Lipinski definition) is 1. The lowest BCUT2D eigenvalue weighted by molar-refractivity contribution is 0.227. The first-order valence-electron chi connectivity index (χ1n) is 5.33. The van der Waals surface area contributed by atoms with E-state index in [4.69, 9.17) is 0 Å². The van der Waals surface area contributed by atoms with Crippen molar-refractivity contribution in [2.75, 3.05) is 34.2 Å². The van der Waals surface area contributed by atoms with Gasteiger partial charge in [0.05, 0.1) is 0 Å². The molecular formula is C11H26N2. The molecule has 0 bridgehead atoms. The van der Waals surface area contributed by atoms with Gasteiger partial charge in [-0.05, 0) is 45.9 Å². The van der Waals surface area contributed by atoms with E-state index in [1.165, 1.54) is 25.8 Å². The molecule has 0 amide bonds. The zero-order chi connectivity index (χ0) is 10.3. The average Bonchev–Trinajstić information content (AvgIpc) is 2.02. The highest BCUT2D eigenvalue weighted by Crippen LogP contribution is 2.26. The minimum atomic E-state index is 0.480. The summed E-state index contributed by atoms with van der Waals surface area (Å²) in [6, 6.07) is 0. The third-order valence-corrected chi connectivity index (χ3v) is 2.62. The summed E-state index contributed by atoms with van der Waals surface area (Å²) in [4.78, 5) is 2.27. The Balaban J connectivity index is 3.91. The van der Waals surface area contributed by atoms with Crippen LogP contribution in [0.25, 0.3) is 0 Å². The number of rotatable bonds is 7. The first kappa shape index (κ1) is 12.9. The molecule has 80 valence electrons. The van der Waals surface area contributed by atoms with Crippen LogP contribution < -0.4 is 5.32 Å². The fraction of sp³-hybridized carbons (Fsp3) is 1.00. The molecule has 1 atom stereocenters. The van der Waals surface area contributed by atoms with E-state index >= 15 is 0 Å². The molecule has 0 rings (SSSR count). The molecule has 0 heterocycles. The lowest BCUT2D eigenvalue weighted by Crippen LogP contribution is -2.32. The van der Waals surface area contributed by atoms with Crippen LogP contribution in [0.2, 0.25) is 0 Å². The molecule has 0 aromatic rings. The van der Waals surface area contributed by atoms with Crippen molar-refractivity contribution in [3.05, 3.63) is 0 Å². The van der Waals surface area contributed by atoms with Crippen LogP contribution in [0.5, 0.6) is 0 Å². The Morgan fingerprint density at radius 1 is 1.23 bits per heavy atom. The van der Waals surface area contributed by atoms with Gasteiger partial charge in [0.15, 0.2) is 0 Å². The van der Waals surface area contributed by atoms with Crippen molar-refractivity contribution in [1.82, 2.24) is 10.2 Å². The molecule has 2 heteroatoms. The van der Waals surface area contributed by atoms with Gasteiger partial charge in [0.25, 0.3) is 0 Å². The molecule has 0 aliphatic heterocycles. The van der Waals surface area contributed by atoms with Crippen LogP contribution in [0.15, 0.2) is 0 Å². The van der Waals surface area contributed by atoms with Gasteiger partial charge in [0, 0.05) is 6.54 Å². The quantitative estimate of drug-likeness (QED) is 0.654. The van der Waals surface area contributed by atoms with E-state index in [-0.39, 0.29) is 0 Å². The molecule has 2 nitrogen and oxygen atoms in total. The van der Waals surface area contributed by atoms with Crippen molar-refractivity contribution in [3.63, 3.8) is 0 Å². The molecule has 0 aromatic carbocycles. The Morgan fingerprint density at radius 2 is 1.85 bits per heavy atom. The van der Waals surface area contributed by atoms with Crippen molar-refractivity contribution in [3.8, 4) is 0 Å². The Labute approximate surface area is 83.7 Å². The number of nitrogens with zero attached hydrogens (tertiary/aromatic N) is 1. The van der Waals surface area contributed by atoms with Gasteiger partial charge in [-0.15, -0.1) is 0 Å². The molecular weight excluding hydrogens is 160 g/mol. The van der Waals surface area contributed by atoms with E-state index in [1.54, 1.807) is 0 Å². The topological polar surface area (TPSA) is 15.3 Å². The van der Waals surface area contributed by atoms with Crippen LogP contribution >= 0.6 is 0 Å². The van der Waals surface area contributed by atoms with E-state index in [9.17, 15) is 0 Å². The van der Waals surface area contributed by atoms with Crippen molar-refractivity contribution >= 4 is 0 Å². The van der Waals surface area contributed by atoms with Crippen molar-refractivity contribution in [2.24, 2.45) is 5.41 Å². The summed E-state index contributed by atoms with van der Waals surface area (Å²) in [6.45, 7) is 6.98. The van der Waals surface area contributed by atoms with Gasteiger partial charge in [-0.3, -0.25) is 0 Å². The molecule has 13 heavy (non-hydrogen) atoms. The summed E-state index contributed by atoms with van der Waals surface area (Å²) < 4.78 is 0. The van der Waals surface area contributed by atoms with E-state index in [1.807, 2.05) is 7.05 Å². The lowest BCUT2D eigenvalue weighted by atomic mass is 9.82. The fourth-order valence-corrected chi connectivity index (χ4v) is 1.83. The van der Waals surface area contributed by atoms with Crippen LogP contribution in [-0.4, -0.2) is 39.1 Å². The Bertz CT molecular complexity index is 115. The second kappa shape index (κ2) is 6.39. The highest BCUT2D eigenvalue weighted by molar-refractivity contribution is 4.76. The first-order valence-corrected chi connectivity index (χ1v) is 5.33. The Hall–Kier alpha value is -0.0800. The molecule has 0 fully saturated rings. The van der Waals surface area contributed by atoms with Gasteiger partial charge in [0.2, 0.25) is 0 Å². The number of hydrogen-bond acceptors (Lipinski definition) is 2. The minimum Gasteiger partial charge on any atom is -0.319 e. The molecule has 1 unspecified atom stereocenters. The largest absolute Gasteiger partial charge is 0.319 e. The van der Waals surface area contributed by atoms with Crippen molar-refractivity contribution in [1.29, 1.82) is 0 Å². The van der Waals surface area contributed by atoms with Crippen molar-refractivity contribution in [2.45, 2.75) is 33.1 Å². The zero-order valence-electron chi connectivity index (χ0n) is 9.98. The third kappa shape index (κ3) is 6.05. The van der Waals surface area contributed by atoms with E-state index in [0.29, 0.717) is 5.41 Å². The molecule has 0 aliphatic rings. The summed E-state index contributed by atoms with van der Waals surface area (Å²) in [5.41, 5.74) is 0.480. The SMILES string of the molecule is CCCC(C)(CCN(C)C)CNC.